The summed E-state index contributed by atoms with van der Waals surface area (Å²) in [6.45, 7) is 1.95. The number of aryl methyl sites for hydroxylation is 1. The molecule has 0 saturated carbocycles. The van der Waals surface area contributed by atoms with Gasteiger partial charge in [0, 0.05) is 29.2 Å². The molecule has 5 nitrogen and oxygen atoms in total. The van der Waals surface area contributed by atoms with Gasteiger partial charge in [-0.15, -0.1) is 0 Å². The SMILES string of the molecule is Cc1ccc(-c2nc(-c3ccncc3)no2)cc1N. The van der Waals surface area contributed by atoms with Gasteiger partial charge in [-0.3, -0.25) is 4.98 Å². The van der Waals surface area contributed by atoms with Gasteiger partial charge in [-0.2, -0.15) is 4.98 Å². The highest BCUT2D eigenvalue weighted by Gasteiger charge is 2.10. The van der Waals surface area contributed by atoms with Gasteiger partial charge in [-0.25, -0.2) is 0 Å². The van der Waals surface area contributed by atoms with Gasteiger partial charge in [-0.05, 0) is 36.8 Å². The van der Waals surface area contributed by atoms with Crippen molar-refractivity contribution < 1.29 is 4.52 Å². The predicted octanol–water partition coefficient (Wildman–Crippen LogP) is 2.69. The number of rotatable bonds is 2. The van der Waals surface area contributed by atoms with E-state index in [1.165, 1.54) is 0 Å². The molecule has 19 heavy (non-hydrogen) atoms. The predicted molar refractivity (Wildman–Crippen MR) is 72.1 cm³/mol. The molecule has 0 aliphatic rings. The topological polar surface area (TPSA) is 77.8 Å². The van der Waals surface area contributed by atoms with E-state index >= 15 is 0 Å². The molecule has 0 bridgehead atoms. The first-order valence-electron chi connectivity index (χ1n) is 5.84. The van der Waals surface area contributed by atoms with Crippen molar-refractivity contribution in [3.63, 3.8) is 0 Å². The minimum Gasteiger partial charge on any atom is -0.398 e. The molecule has 3 aromatic rings. The molecule has 0 spiro atoms. The van der Waals surface area contributed by atoms with Crippen molar-refractivity contribution in [3.8, 4) is 22.8 Å². The van der Waals surface area contributed by atoms with Gasteiger partial charge in [0.25, 0.3) is 5.89 Å². The van der Waals surface area contributed by atoms with Crippen molar-refractivity contribution in [2.75, 3.05) is 5.73 Å². The molecule has 0 aliphatic heterocycles. The second-order valence-electron chi connectivity index (χ2n) is 4.23. The quantitative estimate of drug-likeness (QED) is 0.709. The molecule has 0 radical (unpaired) electrons. The summed E-state index contributed by atoms with van der Waals surface area (Å²) in [5, 5.41) is 3.96. The zero-order valence-electron chi connectivity index (χ0n) is 10.4. The van der Waals surface area contributed by atoms with Crippen LogP contribution in [0.1, 0.15) is 5.56 Å². The second kappa shape index (κ2) is 4.53. The molecule has 0 saturated heterocycles. The largest absolute Gasteiger partial charge is 0.398 e. The molecule has 1 aromatic carbocycles. The Morgan fingerprint density at radius 1 is 1.05 bits per heavy atom. The summed E-state index contributed by atoms with van der Waals surface area (Å²) >= 11 is 0. The highest BCUT2D eigenvalue weighted by atomic mass is 16.5. The number of pyridine rings is 1. The van der Waals surface area contributed by atoms with Gasteiger partial charge in [-0.1, -0.05) is 11.2 Å². The summed E-state index contributed by atoms with van der Waals surface area (Å²) in [5.41, 5.74) is 9.29. The maximum absolute atomic E-state index is 5.88. The number of aromatic nitrogens is 3. The number of nitrogen functional groups attached to an aromatic ring is 1. The minimum atomic E-state index is 0.457. The van der Waals surface area contributed by atoms with Gasteiger partial charge < -0.3 is 10.3 Å². The lowest BCUT2D eigenvalue weighted by Gasteiger charge is -2.00. The van der Waals surface area contributed by atoms with Crippen LogP contribution in [0.25, 0.3) is 22.8 Å². The molecule has 0 fully saturated rings. The smallest absolute Gasteiger partial charge is 0.258 e. The molecule has 3 rings (SSSR count). The number of nitrogens with zero attached hydrogens (tertiary/aromatic N) is 3. The lowest BCUT2D eigenvalue weighted by Crippen LogP contribution is -1.90. The monoisotopic (exact) mass is 252 g/mol. The Hall–Kier alpha value is -2.69. The Bertz CT molecular complexity index is 706. The summed E-state index contributed by atoms with van der Waals surface area (Å²) in [6, 6.07) is 9.34. The van der Waals surface area contributed by atoms with Gasteiger partial charge in [0.05, 0.1) is 0 Å². The summed E-state index contributed by atoms with van der Waals surface area (Å²) in [4.78, 5) is 8.31. The molecule has 0 amide bonds. The number of hydrogen-bond donors (Lipinski definition) is 1. The fraction of sp³-hybridized carbons (Fsp3) is 0.0714. The first kappa shape index (κ1) is 11.4. The molecule has 0 atom stereocenters. The molecule has 0 unspecified atom stereocenters. The molecule has 2 heterocycles. The van der Waals surface area contributed by atoms with Crippen molar-refractivity contribution in [1.82, 2.24) is 15.1 Å². The average Bonchev–Trinajstić information content (AvgIpc) is 2.93. The molecule has 2 aromatic heterocycles. The highest BCUT2D eigenvalue weighted by molar-refractivity contribution is 5.64. The third-order valence-corrected chi connectivity index (χ3v) is 2.89. The second-order valence-corrected chi connectivity index (χ2v) is 4.23. The van der Waals surface area contributed by atoms with E-state index in [9.17, 15) is 0 Å². The van der Waals surface area contributed by atoms with Crippen LogP contribution in [0.4, 0.5) is 5.69 Å². The lowest BCUT2D eigenvalue weighted by molar-refractivity contribution is 0.432. The van der Waals surface area contributed by atoms with Gasteiger partial charge in [0.2, 0.25) is 5.82 Å². The van der Waals surface area contributed by atoms with E-state index in [1.807, 2.05) is 37.3 Å². The van der Waals surface area contributed by atoms with Crippen LogP contribution in [0.2, 0.25) is 0 Å². The van der Waals surface area contributed by atoms with E-state index in [0.29, 0.717) is 17.4 Å². The molecule has 0 aliphatic carbocycles. The van der Waals surface area contributed by atoms with Crippen molar-refractivity contribution in [3.05, 3.63) is 48.3 Å². The first-order valence-corrected chi connectivity index (χ1v) is 5.84. The maximum Gasteiger partial charge on any atom is 0.258 e. The third-order valence-electron chi connectivity index (χ3n) is 2.89. The van der Waals surface area contributed by atoms with Crippen LogP contribution < -0.4 is 5.73 Å². The third kappa shape index (κ3) is 2.18. The summed E-state index contributed by atoms with van der Waals surface area (Å²) in [5.74, 6) is 0.995. The van der Waals surface area contributed by atoms with Crippen molar-refractivity contribution in [1.29, 1.82) is 0 Å². The molecular weight excluding hydrogens is 240 g/mol. The Morgan fingerprint density at radius 2 is 1.84 bits per heavy atom. The van der Waals surface area contributed by atoms with Crippen LogP contribution in [-0.2, 0) is 0 Å². The number of anilines is 1. The molecule has 2 N–H and O–H groups in total. The Labute approximate surface area is 110 Å². The Kier molecular flexibility index (Phi) is 2.72. The highest BCUT2D eigenvalue weighted by Crippen LogP contribution is 2.24. The maximum atomic E-state index is 5.88. The van der Waals surface area contributed by atoms with Crippen LogP contribution >= 0.6 is 0 Å². The molecular formula is C14H12N4O. The van der Waals surface area contributed by atoms with Crippen LogP contribution in [0.15, 0.2) is 47.2 Å². The van der Waals surface area contributed by atoms with Gasteiger partial charge >= 0.3 is 0 Å². The van der Waals surface area contributed by atoms with E-state index in [1.54, 1.807) is 12.4 Å². The van der Waals surface area contributed by atoms with Crippen LogP contribution in [0, 0.1) is 6.92 Å². The van der Waals surface area contributed by atoms with Crippen LogP contribution in [0.3, 0.4) is 0 Å². The van der Waals surface area contributed by atoms with Crippen LogP contribution in [0.5, 0.6) is 0 Å². The zero-order valence-corrected chi connectivity index (χ0v) is 10.4. The van der Waals surface area contributed by atoms with E-state index in [2.05, 4.69) is 15.1 Å². The van der Waals surface area contributed by atoms with E-state index in [-0.39, 0.29) is 0 Å². The Morgan fingerprint density at radius 3 is 2.58 bits per heavy atom. The summed E-state index contributed by atoms with van der Waals surface area (Å²) in [6.07, 6.45) is 3.38. The number of hydrogen-bond acceptors (Lipinski definition) is 5. The van der Waals surface area contributed by atoms with E-state index < -0.39 is 0 Å². The zero-order chi connectivity index (χ0) is 13.2. The molecule has 94 valence electrons. The Balaban J connectivity index is 1.99. The first-order chi connectivity index (χ1) is 9.24. The normalized spacial score (nSPS) is 10.6. The average molecular weight is 252 g/mol. The van der Waals surface area contributed by atoms with E-state index in [4.69, 9.17) is 10.3 Å². The number of nitrogens with two attached hydrogens (primary N) is 1. The van der Waals surface area contributed by atoms with Crippen molar-refractivity contribution in [2.24, 2.45) is 0 Å². The summed E-state index contributed by atoms with van der Waals surface area (Å²) < 4.78 is 5.26. The fourth-order valence-corrected chi connectivity index (χ4v) is 1.73. The van der Waals surface area contributed by atoms with E-state index in [0.717, 1.165) is 16.7 Å². The van der Waals surface area contributed by atoms with Crippen molar-refractivity contribution >= 4 is 5.69 Å². The van der Waals surface area contributed by atoms with Crippen LogP contribution in [-0.4, -0.2) is 15.1 Å². The molecule has 5 heteroatoms. The van der Waals surface area contributed by atoms with Gasteiger partial charge in [0.15, 0.2) is 0 Å². The standard InChI is InChI=1S/C14H12N4O/c1-9-2-3-11(8-12(9)15)14-17-13(18-19-14)10-4-6-16-7-5-10/h2-8H,15H2,1H3. The lowest BCUT2D eigenvalue weighted by atomic mass is 10.1. The van der Waals surface area contributed by atoms with Crippen molar-refractivity contribution in [2.45, 2.75) is 6.92 Å². The summed E-state index contributed by atoms with van der Waals surface area (Å²) in [7, 11) is 0. The number of benzene rings is 1. The fourth-order valence-electron chi connectivity index (χ4n) is 1.73. The van der Waals surface area contributed by atoms with Gasteiger partial charge in [0.1, 0.15) is 0 Å². The minimum absolute atomic E-state index is 0.457.